The van der Waals surface area contributed by atoms with Gasteiger partial charge in [-0.2, -0.15) is 0 Å². The van der Waals surface area contributed by atoms with Crippen LogP contribution in [0.1, 0.15) is 21.7 Å². The molecule has 0 saturated carbocycles. The van der Waals surface area contributed by atoms with Crippen LogP contribution in [0.3, 0.4) is 0 Å². The molecule has 1 heterocycles. The third-order valence-electron chi connectivity index (χ3n) is 2.93. The fraction of sp³-hybridized carbons (Fsp3) is 0.200. The number of carbonyl (C=O) groups excluding carboxylic acids is 1. The first-order chi connectivity index (χ1) is 9.59. The molecule has 5 nitrogen and oxygen atoms in total. The van der Waals surface area contributed by atoms with Gasteiger partial charge in [-0.1, -0.05) is 30.3 Å². The van der Waals surface area contributed by atoms with E-state index in [-0.39, 0.29) is 11.3 Å². The highest BCUT2D eigenvalue weighted by Gasteiger charge is 2.17. The quantitative estimate of drug-likeness (QED) is 0.887. The summed E-state index contributed by atoms with van der Waals surface area (Å²) in [6.45, 7) is 1.91. The summed E-state index contributed by atoms with van der Waals surface area (Å²) in [5.74, 6) is -0.920. The number of amides is 1. The van der Waals surface area contributed by atoms with Gasteiger partial charge in [0, 0.05) is 6.54 Å². The molecule has 0 unspecified atom stereocenters. The van der Waals surface area contributed by atoms with E-state index in [0.29, 0.717) is 13.0 Å². The van der Waals surface area contributed by atoms with Crippen LogP contribution in [0.5, 0.6) is 5.75 Å². The van der Waals surface area contributed by atoms with Crippen LogP contribution < -0.4 is 10.7 Å². The highest BCUT2D eigenvalue weighted by molar-refractivity contribution is 5.95. The van der Waals surface area contributed by atoms with Gasteiger partial charge in [0.25, 0.3) is 5.91 Å². The predicted octanol–water partition coefficient (Wildman–Crippen LogP) is 1.63. The van der Waals surface area contributed by atoms with Crippen molar-refractivity contribution < 1.29 is 14.3 Å². The van der Waals surface area contributed by atoms with Gasteiger partial charge >= 0.3 is 0 Å². The Bertz CT molecular complexity index is 661. The molecule has 1 aromatic heterocycles. The fourth-order valence-electron chi connectivity index (χ4n) is 1.86. The molecule has 0 bridgehead atoms. The normalized spacial score (nSPS) is 10.2. The van der Waals surface area contributed by atoms with Crippen molar-refractivity contribution in [2.24, 2.45) is 0 Å². The molecule has 0 aliphatic carbocycles. The van der Waals surface area contributed by atoms with Gasteiger partial charge < -0.3 is 14.8 Å². The summed E-state index contributed by atoms with van der Waals surface area (Å²) in [5.41, 5.74) is 0.219. The molecule has 20 heavy (non-hydrogen) atoms. The minimum atomic E-state index is -0.717. The first-order valence-electron chi connectivity index (χ1n) is 6.23. The molecular formula is C15H15NO4. The van der Waals surface area contributed by atoms with Gasteiger partial charge in [-0.15, -0.1) is 0 Å². The van der Waals surface area contributed by atoms with Crippen LogP contribution in [0.4, 0.5) is 0 Å². The van der Waals surface area contributed by atoms with Crippen molar-refractivity contribution in [2.45, 2.75) is 13.3 Å². The van der Waals surface area contributed by atoms with Crippen LogP contribution in [-0.4, -0.2) is 17.6 Å². The van der Waals surface area contributed by atoms with Crippen molar-refractivity contribution >= 4 is 5.91 Å². The van der Waals surface area contributed by atoms with Gasteiger partial charge in [0.15, 0.2) is 5.75 Å². The van der Waals surface area contributed by atoms with Gasteiger partial charge in [-0.05, 0) is 18.9 Å². The Labute approximate surface area is 115 Å². The lowest BCUT2D eigenvalue weighted by atomic mass is 10.1. The summed E-state index contributed by atoms with van der Waals surface area (Å²) >= 11 is 0. The Morgan fingerprint density at radius 3 is 2.70 bits per heavy atom. The predicted molar refractivity (Wildman–Crippen MR) is 73.9 cm³/mol. The summed E-state index contributed by atoms with van der Waals surface area (Å²) in [4.78, 5) is 23.6. The molecule has 0 atom stereocenters. The molecule has 0 fully saturated rings. The van der Waals surface area contributed by atoms with Crippen LogP contribution in [-0.2, 0) is 6.42 Å². The smallest absolute Gasteiger partial charge is 0.258 e. The largest absolute Gasteiger partial charge is 0.502 e. The number of carbonyl (C=O) groups is 1. The second kappa shape index (κ2) is 6.06. The first-order valence-corrected chi connectivity index (χ1v) is 6.23. The van der Waals surface area contributed by atoms with E-state index in [1.165, 1.54) is 6.92 Å². The summed E-state index contributed by atoms with van der Waals surface area (Å²) in [6.07, 6.45) is 1.59. The minimum absolute atomic E-state index is 0.155. The monoisotopic (exact) mass is 273 g/mol. The molecule has 2 N–H and O–H groups in total. The van der Waals surface area contributed by atoms with Crippen molar-refractivity contribution in [1.82, 2.24) is 5.32 Å². The van der Waals surface area contributed by atoms with E-state index in [0.717, 1.165) is 11.8 Å². The second-order valence-corrected chi connectivity index (χ2v) is 4.37. The number of benzene rings is 1. The minimum Gasteiger partial charge on any atom is -0.502 e. The van der Waals surface area contributed by atoms with Crippen molar-refractivity contribution in [3.8, 4) is 5.75 Å². The molecule has 5 heteroatoms. The molecule has 1 amide bonds. The van der Waals surface area contributed by atoms with Gasteiger partial charge in [-0.3, -0.25) is 9.59 Å². The molecule has 2 aromatic rings. The van der Waals surface area contributed by atoms with E-state index in [1.54, 1.807) is 0 Å². The molecule has 0 spiro atoms. The van der Waals surface area contributed by atoms with Crippen LogP contribution in [0.2, 0.25) is 0 Å². The summed E-state index contributed by atoms with van der Waals surface area (Å²) in [7, 11) is 0. The van der Waals surface area contributed by atoms with E-state index in [4.69, 9.17) is 4.42 Å². The second-order valence-electron chi connectivity index (χ2n) is 4.37. The lowest BCUT2D eigenvalue weighted by Gasteiger charge is -2.06. The standard InChI is InChI=1S/C15H15NO4/c1-10-13(14(18)12(17)9-20-10)15(19)16-8-7-11-5-3-2-4-6-11/h2-6,9,17H,7-8H2,1H3,(H,16,19). The SMILES string of the molecule is Cc1occ(O)c(=O)c1C(=O)NCCc1ccccc1. The lowest BCUT2D eigenvalue weighted by molar-refractivity contribution is 0.0949. The van der Waals surface area contributed by atoms with Gasteiger partial charge in [0.2, 0.25) is 5.43 Å². The maximum atomic E-state index is 11.9. The number of nitrogens with one attached hydrogen (secondary N) is 1. The highest BCUT2D eigenvalue weighted by atomic mass is 16.4. The van der Waals surface area contributed by atoms with Gasteiger partial charge in [0.1, 0.15) is 17.6 Å². The number of aryl methyl sites for hydroxylation is 1. The van der Waals surface area contributed by atoms with E-state index in [1.807, 2.05) is 30.3 Å². The Hall–Kier alpha value is -2.56. The number of aromatic hydroxyl groups is 1. The van der Waals surface area contributed by atoms with E-state index < -0.39 is 17.1 Å². The zero-order chi connectivity index (χ0) is 14.5. The first kappa shape index (κ1) is 13.9. The van der Waals surface area contributed by atoms with E-state index >= 15 is 0 Å². The zero-order valence-corrected chi connectivity index (χ0v) is 11.1. The van der Waals surface area contributed by atoms with Crippen molar-refractivity contribution in [3.05, 3.63) is 63.7 Å². The molecule has 1 aromatic carbocycles. The zero-order valence-electron chi connectivity index (χ0n) is 11.1. The molecule has 0 radical (unpaired) electrons. The average Bonchev–Trinajstić information content (AvgIpc) is 2.44. The van der Waals surface area contributed by atoms with Crippen molar-refractivity contribution in [2.75, 3.05) is 6.54 Å². The van der Waals surface area contributed by atoms with Crippen molar-refractivity contribution in [3.63, 3.8) is 0 Å². The fourth-order valence-corrected chi connectivity index (χ4v) is 1.86. The number of rotatable bonds is 4. The molecule has 0 aliphatic rings. The lowest BCUT2D eigenvalue weighted by Crippen LogP contribution is -2.31. The molecule has 104 valence electrons. The Morgan fingerprint density at radius 1 is 1.30 bits per heavy atom. The molecule has 0 aliphatic heterocycles. The number of hydrogen-bond donors (Lipinski definition) is 2. The van der Waals surface area contributed by atoms with Crippen LogP contribution in [0, 0.1) is 6.92 Å². The van der Waals surface area contributed by atoms with Gasteiger partial charge in [0.05, 0.1) is 0 Å². The highest BCUT2D eigenvalue weighted by Crippen LogP contribution is 2.08. The maximum absolute atomic E-state index is 11.9. The Kier molecular flexibility index (Phi) is 4.20. The van der Waals surface area contributed by atoms with Crippen LogP contribution in [0.15, 0.2) is 45.8 Å². The van der Waals surface area contributed by atoms with E-state index in [2.05, 4.69) is 5.32 Å². The summed E-state index contributed by atoms with van der Waals surface area (Å²) in [5, 5.41) is 11.9. The maximum Gasteiger partial charge on any atom is 0.258 e. The summed E-state index contributed by atoms with van der Waals surface area (Å²) in [6, 6.07) is 9.68. The van der Waals surface area contributed by atoms with Crippen LogP contribution in [0.25, 0.3) is 0 Å². The van der Waals surface area contributed by atoms with Crippen molar-refractivity contribution in [1.29, 1.82) is 0 Å². The molecular weight excluding hydrogens is 258 g/mol. The summed E-state index contributed by atoms with van der Waals surface area (Å²) < 4.78 is 4.94. The average molecular weight is 273 g/mol. The topological polar surface area (TPSA) is 79.5 Å². The third-order valence-corrected chi connectivity index (χ3v) is 2.93. The van der Waals surface area contributed by atoms with Crippen LogP contribution >= 0.6 is 0 Å². The molecule has 2 rings (SSSR count). The van der Waals surface area contributed by atoms with E-state index in [9.17, 15) is 14.7 Å². The Balaban J connectivity index is 2.03. The number of hydrogen-bond acceptors (Lipinski definition) is 4. The third kappa shape index (κ3) is 3.06. The molecule has 0 saturated heterocycles. The Morgan fingerprint density at radius 2 is 2.00 bits per heavy atom. The van der Waals surface area contributed by atoms with Gasteiger partial charge in [-0.25, -0.2) is 0 Å².